The van der Waals surface area contributed by atoms with Gasteiger partial charge < -0.3 is 10.9 Å². The maximum absolute atomic E-state index is 8.56. The Balaban J connectivity index is 2.01. The fourth-order valence-corrected chi connectivity index (χ4v) is 2.24. The summed E-state index contributed by atoms with van der Waals surface area (Å²) >= 11 is 1.61. The zero-order valence-electron chi connectivity index (χ0n) is 9.82. The topological polar surface area (TPSA) is 89.3 Å². The molecule has 0 saturated carbocycles. The highest BCUT2D eigenvalue weighted by Crippen LogP contribution is 2.19. The van der Waals surface area contributed by atoms with Crippen molar-refractivity contribution >= 4 is 17.6 Å². The smallest absolute Gasteiger partial charge is 0.186 e. The van der Waals surface area contributed by atoms with Crippen molar-refractivity contribution in [3.63, 3.8) is 0 Å². The van der Waals surface area contributed by atoms with Gasteiger partial charge in [-0.1, -0.05) is 41.2 Å². The Kier molecular flexibility index (Phi) is 3.83. The van der Waals surface area contributed by atoms with Gasteiger partial charge in [-0.25, -0.2) is 9.67 Å². The van der Waals surface area contributed by atoms with Gasteiger partial charge in [0.15, 0.2) is 11.0 Å². The third-order valence-corrected chi connectivity index (χ3v) is 3.50. The zero-order valence-corrected chi connectivity index (χ0v) is 10.6. The summed E-state index contributed by atoms with van der Waals surface area (Å²) in [5.74, 6) is 0.908. The Morgan fingerprint density at radius 3 is 2.72 bits per heavy atom. The fraction of sp³-hybridized carbons (Fsp3) is 0.182. The molecule has 2 aromatic rings. The van der Waals surface area contributed by atoms with Crippen LogP contribution in [0.15, 0.2) is 40.9 Å². The van der Waals surface area contributed by atoms with E-state index in [9.17, 15) is 0 Å². The molecule has 0 bridgehead atoms. The van der Waals surface area contributed by atoms with E-state index in [1.807, 2.05) is 31.3 Å². The van der Waals surface area contributed by atoms with Crippen molar-refractivity contribution in [3.05, 3.63) is 41.7 Å². The van der Waals surface area contributed by atoms with E-state index >= 15 is 0 Å². The number of nitrogens with zero attached hydrogens (tertiary/aromatic N) is 4. The van der Waals surface area contributed by atoms with E-state index in [2.05, 4.69) is 15.2 Å². The number of benzene rings is 1. The number of nitrogens with two attached hydrogens (primary N) is 1. The number of hydrogen-bond donors (Lipinski definition) is 2. The standard InChI is InChI=1S/C11H13N5OS/c1-16-11(13-7-14-16)18-6-8-2-4-9(5-3-8)10(12)15-17/h2-5,7,17H,6H2,1H3,(H2,12,15). The molecule has 0 aliphatic carbocycles. The van der Waals surface area contributed by atoms with Gasteiger partial charge in [-0.2, -0.15) is 5.10 Å². The second kappa shape index (κ2) is 5.54. The third kappa shape index (κ3) is 2.80. The van der Waals surface area contributed by atoms with Crippen LogP contribution in [0.5, 0.6) is 0 Å². The van der Waals surface area contributed by atoms with Crippen molar-refractivity contribution in [1.29, 1.82) is 0 Å². The van der Waals surface area contributed by atoms with Gasteiger partial charge in [0.1, 0.15) is 6.33 Å². The van der Waals surface area contributed by atoms with Crippen LogP contribution >= 0.6 is 11.8 Å². The molecule has 3 N–H and O–H groups in total. The van der Waals surface area contributed by atoms with E-state index < -0.39 is 0 Å². The average molecular weight is 263 g/mol. The second-order valence-corrected chi connectivity index (χ2v) is 4.58. The predicted molar refractivity (Wildman–Crippen MR) is 69.5 cm³/mol. The van der Waals surface area contributed by atoms with Crippen LogP contribution in [0.1, 0.15) is 11.1 Å². The Hall–Kier alpha value is -2.02. The van der Waals surface area contributed by atoms with E-state index in [1.165, 1.54) is 6.33 Å². The van der Waals surface area contributed by atoms with Crippen molar-refractivity contribution in [1.82, 2.24) is 14.8 Å². The molecule has 18 heavy (non-hydrogen) atoms. The summed E-state index contributed by atoms with van der Waals surface area (Å²) in [7, 11) is 1.86. The van der Waals surface area contributed by atoms with Gasteiger partial charge in [0.25, 0.3) is 0 Å². The molecule has 0 atom stereocenters. The predicted octanol–water partition coefficient (Wildman–Crippen LogP) is 1.20. The molecule has 1 aromatic heterocycles. The lowest BCUT2D eigenvalue weighted by atomic mass is 10.1. The first-order valence-electron chi connectivity index (χ1n) is 5.24. The summed E-state index contributed by atoms with van der Waals surface area (Å²) in [6, 6.07) is 7.52. The Morgan fingerprint density at radius 1 is 1.44 bits per heavy atom. The third-order valence-electron chi connectivity index (χ3n) is 2.40. The molecule has 0 aliphatic rings. The van der Waals surface area contributed by atoms with E-state index in [0.29, 0.717) is 5.56 Å². The zero-order chi connectivity index (χ0) is 13.0. The molecular formula is C11H13N5OS. The van der Waals surface area contributed by atoms with Gasteiger partial charge >= 0.3 is 0 Å². The molecule has 6 nitrogen and oxygen atoms in total. The van der Waals surface area contributed by atoms with Crippen LogP contribution in [-0.4, -0.2) is 25.8 Å². The first-order chi connectivity index (χ1) is 8.70. The molecule has 1 heterocycles. The largest absolute Gasteiger partial charge is 0.409 e. The number of oxime groups is 1. The molecule has 0 radical (unpaired) electrons. The van der Waals surface area contributed by atoms with Crippen LogP contribution in [0.25, 0.3) is 0 Å². The first-order valence-corrected chi connectivity index (χ1v) is 6.23. The molecule has 0 unspecified atom stereocenters. The Bertz CT molecular complexity index is 549. The summed E-state index contributed by atoms with van der Waals surface area (Å²) in [5.41, 5.74) is 7.32. The highest BCUT2D eigenvalue weighted by atomic mass is 32.2. The maximum Gasteiger partial charge on any atom is 0.186 e. The van der Waals surface area contributed by atoms with Gasteiger partial charge in [-0.15, -0.1) is 0 Å². The summed E-state index contributed by atoms with van der Waals surface area (Å²) < 4.78 is 1.73. The van der Waals surface area contributed by atoms with Crippen LogP contribution in [0.4, 0.5) is 0 Å². The molecule has 2 rings (SSSR count). The molecule has 1 aromatic carbocycles. The van der Waals surface area contributed by atoms with Crippen LogP contribution in [-0.2, 0) is 12.8 Å². The number of aryl methyl sites for hydroxylation is 1. The maximum atomic E-state index is 8.56. The molecule has 0 saturated heterocycles. The van der Waals surface area contributed by atoms with Gasteiger partial charge in [-0.3, -0.25) is 0 Å². The summed E-state index contributed by atoms with van der Waals surface area (Å²) in [6.07, 6.45) is 1.53. The number of thioether (sulfide) groups is 1. The monoisotopic (exact) mass is 263 g/mol. The minimum absolute atomic E-state index is 0.113. The van der Waals surface area contributed by atoms with Crippen molar-refractivity contribution in [3.8, 4) is 0 Å². The minimum Gasteiger partial charge on any atom is -0.409 e. The second-order valence-electron chi connectivity index (χ2n) is 3.64. The molecule has 7 heteroatoms. The SMILES string of the molecule is Cn1ncnc1SCc1ccc(/C(N)=N/O)cc1. The van der Waals surface area contributed by atoms with E-state index in [0.717, 1.165) is 16.5 Å². The lowest BCUT2D eigenvalue weighted by Crippen LogP contribution is -2.12. The summed E-state index contributed by atoms with van der Waals surface area (Å²) in [6.45, 7) is 0. The van der Waals surface area contributed by atoms with Gasteiger partial charge in [-0.05, 0) is 5.56 Å². The number of hydrogen-bond acceptors (Lipinski definition) is 5. The van der Waals surface area contributed by atoms with E-state index in [-0.39, 0.29) is 5.84 Å². The van der Waals surface area contributed by atoms with E-state index in [1.54, 1.807) is 16.4 Å². The lowest BCUT2D eigenvalue weighted by molar-refractivity contribution is 0.318. The van der Waals surface area contributed by atoms with Gasteiger partial charge in [0.05, 0.1) is 0 Å². The van der Waals surface area contributed by atoms with Gasteiger partial charge in [0, 0.05) is 18.4 Å². The lowest BCUT2D eigenvalue weighted by Gasteiger charge is -2.03. The number of aromatic nitrogens is 3. The number of rotatable bonds is 4. The minimum atomic E-state index is 0.113. The van der Waals surface area contributed by atoms with Crippen LogP contribution in [0.2, 0.25) is 0 Å². The average Bonchev–Trinajstić information content (AvgIpc) is 2.81. The summed E-state index contributed by atoms with van der Waals surface area (Å²) in [5, 5.41) is 16.4. The Labute approximate surface area is 109 Å². The summed E-state index contributed by atoms with van der Waals surface area (Å²) in [4.78, 5) is 4.13. The van der Waals surface area contributed by atoms with E-state index in [4.69, 9.17) is 10.9 Å². The van der Waals surface area contributed by atoms with Crippen molar-refractivity contribution in [2.45, 2.75) is 10.9 Å². The van der Waals surface area contributed by atoms with Crippen LogP contribution in [0, 0.1) is 0 Å². The highest BCUT2D eigenvalue weighted by Gasteiger charge is 2.03. The van der Waals surface area contributed by atoms with Crippen molar-refractivity contribution in [2.75, 3.05) is 0 Å². The quantitative estimate of drug-likeness (QED) is 0.284. The highest BCUT2D eigenvalue weighted by molar-refractivity contribution is 7.98. The van der Waals surface area contributed by atoms with Crippen molar-refractivity contribution in [2.24, 2.45) is 17.9 Å². The molecule has 0 aliphatic heterocycles. The molecular weight excluding hydrogens is 250 g/mol. The van der Waals surface area contributed by atoms with Crippen LogP contribution < -0.4 is 5.73 Å². The number of amidine groups is 1. The Morgan fingerprint density at radius 2 is 2.17 bits per heavy atom. The van der Waals surface area contributed by atoms with Crippen LogP contribution in [0.3, 0.4) is 0 Å². The normalized spacial score (nSPS) is 11.7. The molecule has 0 fully saturated rings. The molecule has 0 spiro atoms. The van der Waals surface area contributed by atoms with Gasteiger partial charge in [0.2, 0.25) is 0 Å². The van der Waals surface area contributed by atoms with Crippen molar-refractivity contribution < 1.29 is 5.21 Å². The molecule has 0 amide bonds. The first kappa shape index (κ1) is 12.4. The fourth-order valence-electron chi connectivity index (χ4n) is 1.39. The molecule has 94 valence electrons.